The number of aryl methyl sites for hydroxylation is 1. The van der Waals surface area contributed by atoms with Crippen molar-refractivity contribution in [2.75, 3.05) is 6.54 Å². The van der Waals surface area contributed by atoms with Gasteiger partial charge in [0, 0.05) is 16.6 Å². The highest BCUT2D eigenvalue weighted by atomic mass is 79.9. The van der Waals surface area contributed by atoms with Crippen LogP contribution in [0.4, 0.5) is 0 Å². The normalized spacial score (nSPS) is 17.7. The van der Waals surface area contributed by atoms with Crippen LogP contribution in [0.5, 0.6) is 0 Å². The molecular formula is C14H19BrN2O. The number of hydrogen-bond donors (Lipinski definition) is 2. The van der Waals surface area contributed by atoms with Crippen LogP contribution in [-0.4, -0.2) is 18.0 Å². The molecule has 0 aromatic heterocycles. The minimum Gasteiger partial charge on any atom is -0.345 e. The maximum atomic E-state index is 12.3. The van der Waals surface area contributed by atoms with Crippen molar-refractivity contribution in [2.45, 2.75) is 38.1 Å². The molecule has 18 heavy (non-hydrogen) atoms. The molecule has 0 atom stereocenters. The van der Waals surface area contributed by atoms with Gasteiger partial charge in [0.1, 0.15) is 0 Å². The molecule has 3 nitrogen and oxygen atoms in total. The second kappa shape index (κ2) is 5.41. The standard InChI is InChI=1S/C14H19BrN2O/c1-10-6-11(8-12(15)7-10)13(18)17-14(9-16)4-2-3-5-14/h6-8H,2-5,9,16H2,1H3,(H,17,18). The molecule has 0 heterocycles. The Morgan fingerprint density at radius 3 is 2.61 bits per heavy atom. The second-order valence-corrected chi connectivity index (χ2v) is 6.08. The molecule has 1 amide bonds. The lowest BCUT2D eigenvalue weighted by Gasteiger charge is -2.28. The van der Waals surface area contributed by atoms with Gasteiger partial charge in [-0.15, -0.1) is 0 Å². The van der Waals surface area contributed by atoms with Crippen LogP contribution in [-0.2, 0) is 0 Å². The molecule has 3 N–H and O–H groups in total. The Morgan fingerprint density at radius 1 is 1.39 bits per heavy atom. The van der Waals surface area contributed by atoms with Crippen LogP contribution in [0.15, 0.2) is 22.7 Å². The summed E-state index contributed by atoms with van der Waals surface area (Å²) in [5.74, 6) is -0.0215. The molecule has 0 unspecified atom stereocenters. The molecule has 1 saturated carbocycles. The summed E-state index contributed by atoms with van der Waals surface area (Å²) in [6, 6.07) is 5.74. The molecule has 1 aromatic carbocycles. The first-order valence-electron chi connectivity index (χ1n) is 6.34. The molecule has 1 aliphatic rings. The van der Waals surface area contributed by atoms with Crippen molar-refractivity contribution in [1.29, 1.82) is 0 Å². The predicted octanol–water partition coefficient (Wildman–Crippen LogP) is 2.76. The first-order chi connectivity index (χ1) is 8.54. The van der Waals surface area contributed by atoms with E-state index >= 15 is 0 Å². The third-order valence-electron chi connectivity index (χ3n) is 3.63. The van der Waals surface area contributed by atoms with Gasteiger partial charge >= 0.3 is 0 Å². The van der Waals surface area contributed by atoms with Gasteiger partial charge in [0.05, 0.1) is 5.54 Å². The average Bonchev–Trinajstić information content (AvgIpc) is 2.77. The van der Waals surface area contributed by atoms with Crippen molar-refractivity contribution in [1.82, 2.24) is 5.32 Å². The van der Waals surface area contributed by atoms with Gasteiger partial charge in [0.2, 0.25) is 0 Å². The lowest BCUT2D eigenvalue weighted by atomic mass is 9.97. The monoisotopic (exact) mass is 310 g/mol. The molecule has 1 fully saturated rings. The summed E-state index contributed by atoms with van der Waals surface area (Å²) in [4.78, 5) is 12.3. The van der Waals surface area contributed by atoms with E-state index in [1.54, 1.807) is 0 Å². The molecule has 2 rings (SSSR count). The van der Waals surface area contributed by atoms with E-state index in [9.17, 15) is 4.79 Å². The van der Waals surface area contributed by atoms with Crippen LogP contribution >= 0.6 is 15.9 Å². The fraction of sp³-hybridized carbons (Fsp3) is 0.500. The Bertz CT molecular complexity index is 433. The molecule has 1 aromatic rings. The van der Waals surface area contributed by atoms with Gasteiger partial charge in [-0.2, -0.15) is 0 Å². The van der Waals surface area contributed by atoms with E-state index in [2.05, 4.69) is 21.2 Å². The van der Waals surface area contributed by atoms with Crippen LogP contribution < -0.4 is 11.1 Å². The second-order valence-electron chi connectivity index (χ2n) is 5.16. The third-order valence-corrected chi connectivity index (χ3v) is 4.09. The number of rotatable bonds is 3. The molecule has 0 spiro atoms. The maximum absolute atomic E-state index is 12.3. The molecule has 0 saturated heterocycles. The van der Waals surface area contributed by atoms with Gasteiger partial charge in [0.25, 0.3) is 5.91 Å². The van der Waals surface area contributed by atoms with Crippen molar-refractivity contribution in [3.63, 3.8) is 0 Å². The maximum Gasteiger partial charge on any atom is 0.251 e. The zero-order valence-corrected chi connectivity index (χ0v) is 12.2. The molecule has 0 bridgehead atoms. The molecule has 1 aliphatic carbocycles. The van der Waals surface area contributed by atoms with Crippen molar-refractivity contribution in [3.8, 4) is 0 Å². The predicted molar refractivity (Wildman–Crippen MR) is 76.6 cm³/mol. The number of amides is 1. The van der Waals surface area contributed by atoms with Crippen LogP contribution in [0.2, 0.25) is 0 Å². The fourth-order valence-electron chi connectivity index (χ4n) is 2.61. The van der Waals surface area contributed by atoms with Gasteiger partial charge in [-0.25, -0.2) is 0 Å². The fourth-order valence-corrected chi connectivity index (χ4v) is 3.22. The van der Waals surface area contributed by atoms with E-state index < -0.39 is 0 Å². The lowest BCUT2D eigenvalue weighted by Crippen LogP contribution is -2.51. The van der Waals surface area contributed by atoms with E-state index in [4.69, 9.17) is 5.73 Å². The van der Waals surface area contributed by atoms with E-state index in [-0.39, 0.29) is 11.4 Å². The largest absolute Gasteiger partial charge is 0.345 e. The first-order valence-corrected chi connectivity index (χ1v) is 7.14. The highest BCUT2D eigenvalue weighted by Gasteiger charge is 2.34. The van der Waals surface area contributed by atoms with Crippen molar-refractivity contribution in [2.24, 2.45) is 5.73 Å². The van der Waals surface area contributed by atoms with Gasteiger partial charge in [0.15, 0.2) is 0 Å². The van der Waals surface area contributed by atoms with Gasteiger partial charge in [-0.3, -0.25) is 4.79 Å². The number of benzene rings is 1. The quantitative estimate of drug-likeness (QED) is 0.902. The summed E-state index contributed by atoms with van der Waals surface area (Å²) in [7, 11) is 0. The number of halogens is 1. The van der Waals surface area contributed by atoms with E-state index in [0.29, 0.717) is 12.1 Å². The average molecular weight is 311 g/mol. The Morgan fingerprint density at radius 2 is 2.06 bits per heavy atom. The Kier molecular flexibility index (Phi) is 4.07. The third kappa shape index (κ3) is 2.93. The van der Waals surface area contributed by atoms with Gasteiger partial charge < -0.3 is 11.1 Å². The van der Waals surface area contributed by atoms with Crippen LogP contribution in [0.25, 0.3) is 0 Å². The van der Waals surface area contributed by atoms with Gasteiger partial charge in [-0.05, 0) is 43.5 Å². The summed E-state index contributed by atoms with van der Waals surface area (Å²) in [6.07, 6.45) is 4.27. The number of carbonyl (C=O) groups is 1. The molecule has 98 valence electrons. The SMILES string of the molecule is Cc1cc(Br)cc(C(=O)NC2(CN)CCCC2)c1. The minimum absolute atomic E-state index is 0.0215. The van der Waals surface area contributed by atoms with Crippen LogP contribution in [0.1, 0.15) is 41.6 Å². The molecule has 4 heteroatoms. The molecule has 0 radical (unpaired) electrons. The van der Waals surface area contributed by atoms with Crippen molar-refractivity contribution >= 4 is 21.8 Å². The number of carbonyl (C=O) groups excluding carboxylic acids is 1. The highest BCUT2D eigenvalue weighted by Crippen LogP contribution is 2.29. The number of nitrogens with one attached hydrogen (secondary N) is 1. The van der Waals surface area contributed by atoms with E-state index in [0.717, 1.165) is 35.7 Å². The van der Waals surface area contributed by atoms with Gasteiger partial charge in [-0.1, -0.05) is 28.8 Å². The summed E-state index contributed by atoms with van der Waals surface area (Å²) < 4.78 is 0.931. The Labute approximate surface area is 116 Å². The van der Waals surface area contributed by atoms with E-state index in [1.807, 2.05) is 25.1 Å². The first kappa shape index (κ1) is 13.6. The smallest absolute Gasteiger partial charge is 0.251 e. The zero-order chi connectivity index (χ0) is 13.2. The zero-order valence-electron chi connectivity index (χ0n) is 10.6. The molecule has 0 aliphatic heterocycles. The minimum atomic E-state index is -0.187. The highest BCUT2D eigenvalue weighted by molar-refractivity contribution is 9.10. The van der Waals surface area contributed by atoms with Crippen LogP contribution in [0, 0.1) is 6.92 Å². The van der Waals surface area contributed by atoms with Crippen LogP contribution in [0.3, 0.4) is 0 Å². The summed E-state index contributed by atoms with van der Waals surface area (Å²) in [5, 5.41) is 3.13. The molecular weight excluding hydrogens is 292 g/mol. The Hall–Kier alpha value is -0.870. The van der Waals surface area contributed by atoms with Crippen molar-refractivity contribution < 1.29 is 4.79 Å². The van der Waals surface area contributed by atoms with E-state index in [1.165, 1.54) is 0 Å². The Balaban J connectivity index is 2.16. The number of nitrogens with two attached hydrogens (primary N) is 1. The topological polar surface area (TPSA) is 55.1 Å². The number of hydrogen-bond acceptors (Lipinski definition) is 2. The lowest BCUT2D eigenvalue weighted by molar-refractivity contribution is 0.0903. The summed E-state index contributed by atoms with van der Waals surface area (Å²) in [5.41, 5.74) is 7.41. The van der Waals surface area contributed by atoms with Crippen molar-refractivity contribution in [3.05, 3.63) is 33.8 Å². The summed E-state index contributed by atoms with van der Waals surface area (Å²) >= 11 is 3.42. The summed E-state index contributed by atoms with van der Waals surface area (Å²) in [6.45, 7) is 2.50.